The maximum Gasteiger partial charge on any atom is 0.119 e. The van der Waals surface area contributed by atoms with E-state index in [1.165, 1.54) is 9.35 Å². The summed E-state index contributed by atoms with van der Waals surface area (Å²) in [5, 5.41) is 5.57. The Hall–Kier alpha value is -1.00. The number of hydrogen-bond acceptors (Lipinski definition) is 3. The van der Waals surface area contributed by atoms with Gasteiger partial charge in [-0.15, -0.1) is 11.3 Å². The third kappa shape index (κ3) is 3.27. The van der Waals surface area contributed by atoms with E-state index < -0.39 is 0 Å². The average molecular weight is 326 g/mol. The predicted octanol–water partition coefficient (Wildman–Crippen LogP) is 5.08. The molecule has 0 aliphatic rings. The van der Waals surface area contributed by atoms with Crippen LogP contribution in [0.15, 0.2) is 40.2 Å². The van der Waals surface area contributed by atoms with Crippen LogP contribution in [-0.4, -0.2) is 6.61 Å². The highest BCUT2D eigenvalue weighted by atomic mass is 79.9. The fourth-order valence-electron chi connectivity index (χ4n) is 1.74. The van der Waals surface area contributed by atoms with Crippen molar-refractivity contribution in [2.24, 2.45) is 0 Å². The van der Waals surface area contributed by atoms with Crippen molar-refractivity contribution in [1.82, 2.24) is 0 Å². The Morgan fingerprint density at radius 3 is 2.56 bits per heavy atom. The number of ether oxygens (including phenoxy) is 1. The molecule has 0 saturated heterocycles. The Morgan fingerprint density at radius 2 is 2.00 bits per heavy atom. The van der Waals surface area contributed by atoms with Crippen molar-refractivity contribution in [3.05, 3.63) is 45.1 Å². The molecule has 0 bridgehead atoms. The fraction of sp³-hybridized carbons (Fsp3) is 0.286. The predicted molar refractivity (Wildman–Crippen MR) is 81.7 cm³/mol. The Morgan fingerprint density at radius 1 is 1.28 bits per heavy atom. The smallest absolute Gasteiger partial charge is 0.119 e. The van der Waals surface area contributed by atoms with Gasteiger partial charge in [-0.2, -0.15) is 0 Å². The van der Waals surface area contributed by atoms with Crippen LogP contribution in [0.3, 0.4) is 0 Å². The molecule has 0 spiro atoms. The lowest BCUT2D eigenvalue weighted by Gasteiger charge is -2.15. The SMILES string of the molecule is CCOc1ccc(NC(C)c2sccc2Br)cc1. The second kappa shape index (κ2) is 6.25. The maximum absolute atomic E-state index is 5.42. The summed E-state index contributed by atoms with van der Waals surface area (Å²) in [6.07, 6.45) is 0. The van der Waals surface area contributed by atoms with Gasteiger partial charge in [0.25, 0.3) is 0 Å². The number of nitrogens with one attached hydrogen (secondary N) is 1. The third-order valence-corrected chi connectivity index (χ3v) is 4.64. The first-order valence-electron chi connectivity index (χ1n) is 5.93. The van der Waals surface area contributed by atoms with Gasteiger partial charge >= 0.3 is 0 Å². The van der Waals surface area contributed by atoms with Gasteiger partial charge in [-0.25, -0.2) is 0 Å². The molecule has 1 heterocycles. The van der Waals surface area contributed by atoms with Gasteiger partial charge in [0, 0.05) is 15.0 Å². The minimum atomic E-state index is 0.289. The first-order chi connectivity index (χ1) is 8.70. The molecule has 2 aromatic rings. The summed E-state index contributed by atoms with van der Waals surface area (Å²) in [5.74, 6) is 0.910. The lowest BCUT2D eigenvalue weighted by molar-refractivity contribution is 0.340. The van der Waals surface area contributed by atoms with E-state index in [4.69, 9.17) is 4.74 Å². The van der Waals surface area contributed by atoms with Gasteiger partial charge in [-0.3, -0.25) is 0 Å². The van der Waals surface area contributed by atoms with Crippen molar-refractivity contribution in [2.75, 3.05) is 11.9 Å². The average Bonchev–Trinajstić information content (AvgIpc) is 2.78. The molecule has 18 heavy (non-hydrogen) atoms. The Labute approximate surface area is 120 Å². The second-order valence-corrected chi connectivity index (χ2v) is 5.76. The van der Waals surface area contributed by atoms with Crippen molar-refractivity contribution in [2.45, 2.75) is 19.9 Å². The fourth-order valence-corrected chi connectivity index (χ4v) is 3.47. The van der Waals surface area contributed by atoms with Crippen LogP contribution in [0.1, 0.15) is 24.8 Å². The molecular formula is C14H16BrNOS. The highest BCUT2D eigenvalue weighted by Gasteiger charge is 2.10. The summed E-state index contributed by atoms with van der Waals surface area (Å²) in [5.41, 5.74) is 1.10. The molecule has 2 nitrogen and oxygen atoms in total. The van der Waals surface area contributed by atoms with Crippen molar-refractivity contribution < 1.29 is 4.74 Å². The summed E-state index contributed by atoms with van der Waals surface area (Å²) in [7, 11) is 0. The number of hydrogen-bond donors (Lipinski definition) is 1. The molecular weight excluding hydrogens is 310 g/mol. The maximum atomic E-state index is 5.42. The molecule has 0 fully saturated rings. The molecule has 4 heteroatoms. The van der Waals surface area contributed by atoms with Crippen LogP contribution in [0.5, 0.6) is 5.75 Å². The lowest BCUT2D eigenvalue weighted by Crippen LogP contribution is -2.05. The van der Waals surface area contributed by atoms with Crippen LogP contribution in [0.25, 0.3) is 0 Å². The zero-order valence-corrected chi connectivity index (χ0v) is 12.8. The molecule has 0 amide bonds. The Balaban J connectivity index is 2.03. The van der Waals surface area contributed by atoms with Crippen LogP contribution in [-0.2, 0) is 0 Å². The molecule has 0 radical (unpaired) electrons. The molecule has 0 saturated carbocycles. The molecule has 1 unspecified atom stereocenters. The topological polar surface area (TPSA) is 21.3 Å². The normalized spacial score (nSPS) is 12.2. The van der Waals surface area contributed by atoms with Crippen molar-refractivity contribution in [1.29, 1.82) is 0 Å². The number of thiophene rings is 1. The van der Waals surface area contributed by atoms with Gasteiger partial charge in [0.05, 0.1) is 12.6 Å². The molecule has 1 N–H and O–H groups in total. The van der Waals surface area contributed by atoms with E-state index in [1.54, 1.807) is 11.3 Å². The standard InChI is InChI=1S/C14H16BrNOS/c1-3-17-12-6-4-11(5-7-12)16-10(2)14-13(15)8-9-18-14/h4-10,16H,3H2,1-2H3. The van der Waals surface area contributed by atoms with Crippen LogP contribution in [0, 0.1) is 0 Å². The Bertz CT molecular complexity index is 495. The van der Waals surface area contributed by atoms with Crippen LogP contribution in [0.4, 0.5) is 5.69 Å². The van der Waals surface area contributed by atoms with Crippen molar-refractivity contribution in [3.63, 3.8) is 0 Å². The molecule has 2 rings (SSSR count). The Kier molecular flexibility index (Phi) is 4.66. The summed E-state index contributed by atoms with van der Waals surface area (Å²) in [6, 6.07) is 10.4. The number of anilines is 1. The molecule has 1 aromatic carbocycles. The minimum Gasteiger partial charge on any atom is -0.494 e. The van der Waals surface area contributed by atoms with E-state index in [0.717, 1.165) is 11.4 Å². The van der Waals surface area contributed by atoms with Crippen LogP contribution in [0.2, 0.25) is 0 Å². The number of halogens is 1. The monoisotopic (exact) mass is 325 g/mol. The van der Waals surface area contributed by atoms with Crippen molar-refractivity contribution >= 4 is 33.0 Å². The summed E-state index contributed by atoms with van der Waals surface area (Å²) in [4.78, 5) is 1.31. The van der Waals surface area contributed by atoms with E-state index in [1.807, 2.05) is 31.2 Å². The van der Waals surface area contributed by atoms with Gasteiger partial charge in [0.1, 0.15) is 5.75 Å². The molecule has 0 aliphatic heterocycles. The highest BCUT2D eigenvalue weighted by molar-refractivity contribution is 9.10. The van der Waals surface area contributed by atoms with E-state index >= 15 is 0 Å². The summed E-state index contributed by atoms with van der Waals surface area (Å²) < 4.78 is 6.59. The lowest BCUT2D eigenvalue weighted by atomic mass is 10.2. The second-order valence-electron chi connectivity index (χ2n) is 3.96. The quantitative estimate of drug-likeness (QED) is 0.827. The molecule has 0 aliphatic carbocycles. The van der Waals surface area contributed by atoms with Gasteiger partial charge in [0.2, 0.25) is 0 Å². The highest BCUT2D eigenvalue weighted by Crippen LogP contribution is 2.31. The van der Waals surface area contributed by atoms with E-state index in [0.29, 0.717) is 6.61 Å². The van der Waals surface area contributed by atoms with Crippen molar-refractivity contribution in [3.8, 4) is 5.75 Å². The third-order valence-electron chi connectivity index (χ3n) is 2.59. The van der Waals surface area contributed by atoms with Crippen LogP contribution >= 0.6 is 27.3 Å². The molecule has 96 valence electrons. The van der Waals surface area contributed by atoms with Gasteiger partial charge in [0.15, 0.2) is 0 Å². The zero-order chi connectivity index (χ0) is 13.0. The first-order valence-corrected chi connectivity index (χ1v) is 7.60. The first kappa shape index (κ1) is 13.4. The van der Waals surface area contributed by atoms with Gasteiger partial charge in [-0.1, -0.05) is 0 Å². The zero-order valence-electron chi connectivity index (χ0n) is 10.4. The largest absolute Gasteiger partial charge is 0.494 e. The van der Waals surface area contributed by atoms with Crippen LogP contribution < -0.4 is 10.1 Å². The number of benzene rings is 1. The summed E-state index contributed by atoms with van der Waals surface area (Å²) >= 11 is 5.32. The van der Waals surface area contributed by atoms with E-state index in [-0.39, 0.29) is 6.04 Å². The van der Waals surface area contributed by atoms with Gasteiger partial charge < -0.3 is 10.1 Å². The molecule has 1 aromatic heterocycles. The minimum absolute atomic E-state index is 0.289. The van der Waals surface area contributed by atoms with Gasteiger partial charge in [-0.05, 0) is 65.5 Å². The van der Waals surface area contributed by atoms with E-state index in [2.05, 4.69) is 39.6 Å². The van der Waals surface area contributed by atoms with E-state index in [9.17, 15) is 0 Å². The molecule has 1 atom stereocenters. The summed E-state index contributed by atoms with van der Waals surface area (Å²) in [6.45, 7) is 4.85. The number of rotatable bonds is 5.